The predicted molar refractivity (Wildman–Crippen MR) is 236 cm³/mol. The first-order chi connectivity index (χ1) is 27.3. The van der Waals surface area contributed by atoms with E-state index in [1.807, 2.05) is 0 Å². The second kappa shape index (κ2) is 11.9. The molecule has 0 atom stereocenters. The van der Waals surface area contributed by atoms with Crippen molar-refractivity contribution in [3.8, 4) is 39.1 Å². The van der Waals surface area contributed by atoms with Gasteiger partial charge < -0.3 is 9.47 Å². The van der Waals surface area contributed by atoms with Gasteiger partial charge in [0.2, 0.25) is 0 Å². The van der Waals surface area contributed by atoms with Crippen molar-refractivity contribution >= 4 is 38.9 Å². The number of fused-ring (bicyclic) bond motifs is 9. The second-order valence-corrected chi connectivity index (χ2v) is 16.5. The van der Waals surface area contributed by atoms with Gasteiger partial charge in [-0.15, -0.1) is 0 Å². The van der Waals surface area contributed by atoms with E-state index in [0.29, 0.717) is 0 Å². The summed E-state index contributed by atoms with van der Waals surface area (Å²) in [6.07, 6.45) is 0. The van der Waals surface area contributed by atoms with Crippen LogP contribution in [0.2, 0.25) is 0 Å². The molecular formula is C54H42N2. The van der Waals surface area contributed by atoms with Gasteiger partial charge in [0.1, 0.15) is 0 Å². The monoisotopic (exact) mass is 718 g/mol. The van der Waals surface area contributed by atoms with E-state index in [1.54, 1.807) is 0 Å². The number of hydrogen-bond donors (Lipinski definition) is 0. The van der Waals surface area contributed by atoms with Gasteiger partial charge in [-0.05, 0) is 81.4 Å². The van der Waals surface area contributed by atoms with E-state index in [0.717, 1.165) is 17.1 Å². The average molecular weight is 719 g/mol. The number of nitrogens with zero attached hydrogens (tertiary/aromatic N) is 2. The first-order valence-corrected chi connectivity index (χ1v) is 19.8. The normalized spacial score (nSPS) is 14.4. The fourth-order valence-corrected chi connectivity index (χ4v) is 10.1. The smallest absolute Gasteiger partial charge is 0.0543 e. The van der Waals surface area contributed by atoms with E-state index in [2.05, 4.69) is 219 Å². The number of aromatic nitrogens is 1. The molecule has 0 radical (unpaired) electrons. The Kier molecular flexibility index (Phi) is 6.98. The molecule has 0 spiro atoms. The number of anilines is 3. The first-order valence-electron chi connectivity index (χ1n) is 19.8. The highest BCUT2D eigenvalue weighted by Gasteiger charge is 2.39. The summed E-state index contributed by atoms with van der Waals surface area (Å²) < 4.78 is 2.45. The zero-order valence-electron chi connectivity index (χ0n) is 32.2. The standard InChI is InChI=1S/C54H42N2/c1-53(2)44-25-12-6-23-42(44)52-45(53)26-17-31-51(52)55(35-32-33-37-36-18-5-11-24-43(36)54(3,4)46(37)34-35)47-27-13-7-19-38(47)39-20-8-14-28-48(39)56-49-29-15-9-21-40(49)41-22-10-16-30-50(41)56/h5-34H,1-4H3. The van der Waals surface area contributed by atoms with Gasteiger partial charge in [0.05, 0.1) is 28.1 Å². The van der Waals surface area contributed by atoms with Gasteiger partial charge in [-0.3, -0.25) is 0 Å². The maximum atomic E-state index is 2.55. The molecule has 2 nitrogen and oxygen atoms in total. The second-order valence-electron chi connectivity index (χ2n) is 16.5. The van der Waals surface area contributed by atoms with Crippen LogP contribution in [0.5, 0.6) is 0 Å². The Morgan fingerprint density at radius 1 is 0.375 bits per heavy atom. The molecule has 268 valence electrons. The molecule has 1 heterocycles. The Hall–Kier alpha value is -6.64. The summed E-state index contributed by atoms with van der Waals surface area (Å²) in [4.78, 5) is 2.55. The van der Waals surface area contributed by atoms with Crippen molar-refractivity contribution in [3.05, 3.63) is 204 Å². The molecule has 0 saturated heterocycles. The Balaban J connectivity index is 1.20. The van der Waals surface area contributed by atoms with Crippen molar-refractivity contribution in [1.82, 2.24) is 4.57 Å². The fourth-order valence-electron chi connectivity index (χ4n) is 10.1. The zero-order chi connectivity index (χ0) is 37.8. The molecular weight excluding hydrogens is 677 g/mol. The number of para-hydroxylation sites is 4. The third kappa shape index (κ3) is 4.50. The van der Waals surface area contributed by atoms with Crippen LogP contribution < -0.4 is 4.90 Å². The number of rotatable bonds is 5. The van der Waals surface area contributed by atoms with Gasteiger partial charge in [0.15, 0.2) is 0 Å². The van der Waals surface area contributed by atoms with Crippen LogP contribution in [0.15, 0.2) is 182 Å². The van der Waals surface area contributed by atoms with Crippen molar-refractivity contribution in [2.75, 3.05) is 4.90 Å². The molecule has 0 aliphatic heterocycles. The van der Waals surface area contributed by atoms with Crippen molar-refractivity contribution in [2.24, 2.45) is 0 Å². The molecule has 2 aliphatic rings. The van der Waals surface area contributed by atoms with Crippen LogP contribution in [0.25, 0.3) is 60.9 Å². The quantitative estimate of drug-likeness (QED) is 0.172. The van der Waals surface area contributed by atoms with Gasteiger partial charge in [0, 0.05) is 44.0 Å². The van der Waals surface area contributed by atoms with E-state index in [-0.39, 0.29) is 10.8 Å². The lowest BCUT2D eigenvalue weighted by atomic mass is 9.82. The minimum absolute atomic E-state index is 0.127. The van der Waals surface area contributed by atoms with E-state index in [9.17, 15) is 0 Å². The lowest BCUT2D eigenvalue weighted by Crippen LogP contribution is -2.18. The fraction of sp³-hybridized carbons (Fsp3) is 0.111. The Bertz CT molecular complexity index is 2990. The summed E-state index contributed by atoms with van der Waals surface area (Å²) in [6.45, 7) is 9.50. The predicted octanol–water partition coefficient (Wildman–Crippen LogP) is 14.5. The molecule has 0 bridgehead atoms. The highest BCUT2D eigenvalue weighted by atomic mass is 15.1. The van der Waals surface area contributed by atoms with Crippen LogP contribution in [0.4, 0.5) is 17.1 Å². The van der Waals surface area contributed by atoms with Crippen LogP contribution in [-0.4, -0.2) is 4.57 Å². The van der Waals surface area contributed by atoms with Crippen molar-refractivity contribution < 1.29 is 0 Å². The SMILES string of the molecule is CC1(C)c2ccccc2-c2ccc(N(c3ccccc3-c3ccccc3-n3c4ccccc4c4ccccc43)c3cccc4c3-c3ccccc3C4(C)C)cc21. The Morgan fingerprint density at radius 2 is 0.875 bits per heavy atom. The van der Waals surface area contributed by atoms with E-state index >= 15 is 0 Å². The topological polar surface area (TPSA) is 8.17 Å². The Labute approximate surface area is 328 Å². The molecule has 0 fully saturated rings. The van der Waals surface area contributed by atoms with Crippen molar-refractivity contribution in [1.29, 1.82) is 0 Å². The highest BCUT2D eigenvalue weighted by molar-refractivity contribution is 6.10. The third-order valence-electron chi connectivity index (χ3n) is 12.8. The lowest BCUT2D eigenvalue weighted by Gasteiger charge is -2.32. The number of benzene rings is 8. The van der Waals surface area contributed by atoms with Crippen LogP contribution in [0.1, 0.15) is 49.9 Å². The highest BCUT2D eigenvalue weighted by Crippen LogP contribution is 2.56. The van der Waals surface area contributed by atoms with Crippen LogP contribution in [-0.2, 0) is 10.8 Å². The third-order valence-corrected chi connectivity index (χ3v) is 12.8. The maximum Gasteiger partial charge on any atom is 0.0543 e. The molecule has 0 N–H and O–H groups in total. The minimum Gasteiger partial charge on any atom is -0.309 e. The largest absolute Gasteiger partial charge is 0.309 e. The zero-order valence-corrected chi connectivity index (χ0v) is 32.2. The summed E-state index contributed by atoms with van der Waals surface area (Å²) in [5.41, 5.74) is 19.9. The molecule has 8 aromatic carbocycles. The molecule has 1 aromatic heterocycles. The van der Waals surface area contributed by atoms with Crippen LogP contribution in [0.3, 0.4) is 0 Å². The molecule has 2 heteroatoms. The first kappa shape index (κ1) is 32.8. The van der Waals surface area contributed by atoms with Crippen LogP contribution >= 0.6 is 0 Å². The summed E-state index contributed by atoms with van der Waals surface area (Å²) >= 11 is 0. The van der Waals surface area contributed by atoms with E-state index in [1.165, 1.54) is 83.1 Å². The van der Waals surface area contributed by atoms with Gasteiger partial charge in [-0.2, -0.15) is 0 Å². The van der Waals surface area contributed by atoms with Crippen LogP contribution in [0, 0.1) is 0 Å². The molecule has 9 aromatic rings. The summed E-state index contributed by atoms with van der Waals surface area (Å²) in [7, 11) is 0. The maximum absolute atomic E-state index is 2.55. The summed E-state index contributed by atoms with van der Waals surface area (Å²) in [6, 6.07) is 67.6. The summed E-state index contributed by atoms with van der Waals surface area (Å²) in [5.74, 6) is 0. The molecule has 2 aliphatic carbocycles. The summed E-state index contributed by atoms with van der Waals surface area (Å²) in [5, 5.41) is 2.52. The van der Waals surface area contributed by atoms with Crippen molar-refractivity contribution in [2.45, 2.75) is 38.5 Å². The average Bonchev–Trinajstić information content (AvgIpc) is 3.78. The molecule has 0 unspecified atom stereocenters. The van der Waals surface area contributed by atoms with Gasteiger partial charge in [0.25, 0.3) is 0 Å². The molecule has 56 heavy (non-hydrogen) atoms. The van der Waals surface area contributed by atoms with Gasteiger partial charge in [-0.25, -0.2) is 0 Å². The van der Waals surface area contributed by atoms with Gasteiger partial charge >= 0.3 is 0 Å². The number of hydrogen-bond acceptors (Lipinski definition) is 1. The van der Waals surface area contributed by atoms with E-state index < -0.39 is 0 Å². The van der Waals surface area contributed by atoms with Gasteiger partial charge in [-0.1, -0.05) is 167 Å². The molecule has 0 amide bonds. The Morgan fingerprint density at radius 3 is 1.61 bits per heavy atom. The molecule has 11 rings (SSSR count). The van der Waals surface area contributed by atoms with Crippen molar-refractivity contribution in [3.63, 3.8) is 0 Å². The minimum atomic E-state index is -0.135. The van der Waals surface area contributed by atoms with E-state index in [4.69, 9.17) is 0 Å². The molecule has 0 saturated carbocycles. The lowest BCUT2D eigenvalue weighted by molar-refractivity contribution is 0.660.